The van der Waals surface area contributed by atoms with Crippen LogP contribution < -0.4 is 9.47 Å². The molecule has 1 spiro atoms. The Labute approximate surface area is 396 Å². The predicted octanol–water partition coefficient (Wildman–Crippen LogP) is 6.28. The van der Waals surface area contributed by atoms with Crippen molar-refractivity contribution in [1.82, 2.24) is 25.5 Å². The fourth-order valence-corrected chi connectivity index (χ4v) is 10.2. The van der Waals surface area contributed by atoms with Crippen LogP contribution in [0.1, 0.15) is 88.2 Å². The van der Waals surface area contributed by atoms with E-state index < -0.39 is 83.7 Å². The first kappa shape index (κ1) is 45.3. The van der Waals surface area contributed by atoms with E-state index in [1.165, 1.54) is 0 Å². The summed E-state index contributed by atoms with van der Waals surface area (Å²) in [5.74, 6) is -2.74. The molecule has 0 saturated carbocycles. The fraction of sp³-hybridized carbons (Fsp3) is 0.373. The van der Waals surface area contributed by atoms with Gasteiger partial charge >= 0.3 is 30.0 Å². The van der Waals surface area contributed by atoms with Crippen LogP contribution in [0.5, 0.6) is 11.5 Å². The Balaban J connectivity index is 1.09. The molecule has 1 N–H and O–H groups in total. The van der Waals surface area contributed by atoms with E-state index in [-0.39, 0.29) is 46.8 Å². The molecule has 2 aliphatic carbocycles. The number of benzene rings is 4. The zero-order valence-corrected chi connectivity index (χ0v) is 38.1. The van der Waals surface area contributed by atoms with Gasteiger partial charge in [-0.05, 0) is 88.6 Å². The lowest BCUT2D eigenvalue weighted by atomic mass is 9.53. The molecule has 3 aliphatic heterocycles. The van der Waals surface area contributed by atoms with Crippen molar-refractivity contribution in [2.75, 3.05) is 13.2 Å². The molecule has 10 atom stereocenters. The first-order chi connectivity index (χ1) is 33.3. The topological polar surface area (TPSA) is 217 Å². The number of rotatable bonds is 11. The van der Waals surface area contributed by atoms with Crippen molar-refractivity contribution < 1.29 is 61.9 Å². The normalized spacial score (nSPS) is 27.2. The summed E-state index contributed by atoms with van der Waals surface area (Å²) in [6, 6.07) is 27.7. The van der Waals surface area contributed by atoms with Gasteiger partial charge in [0.05, 0.1) is 28.7 Å². The second kappa shape index (κ2) is 18.2. The van der Waals surface area contributed by atoms with Crippen LogP contribution in [0.3, 0.4) is 0 Å². The number of piperidine rings is 1. The molecule has 356 valence electrons. The summed E-state index contributed by atoms with van der Waals surface area (Å²) in [7, 11) is 0. The van der Waals surface area contributed by atoms with Gasteiger partial charge in [0.2, 0.25) is 12.1 Å². The van der Waals surface area contributed by atoms with E-state index >= 15 is 0 Å². The van der Waals surface area contributed by atoms with Gasteiger partial charge in [-0.15, -0.1) is 10.2 Å². The summed E-state index contributed by atoms with van der Waals surface area (Å²) in [5, 5.41) is 14.6. The smallest absolute Gasteiger partial charge is 0.410 e. The molecule has 1 amide bonds. The van der Waals surface area contributed by atoms with Gasteiger partial charge in [-0.25, -0.2) is 19.2 Å². The van der Waals surface area contributed by atoms with E-state index in [9.17, 15) is 24.0 Å². The van der Waals surface area contributed by atoms with Crippen LogP contribution in [0, 0.1) is 11.3 Å². The van der Waals surface area contributed by atoms with E-state index in [4.69, 9.17) is 37.9 Å². The average Bonchev–Trinajstić information content (AvgIpc) is 4.02. The molecule has 2 fully saturated rings. The Morgan fingerprint density at radius 3 is 1.97 bits per heavy atom. The quantitative estimate of drug-likeness (QED) is 0.0667. The summed E-state index contributed by atoms with van der Waals surface area (Å²) in [6.07, 6.45) is -5.51. The maximum absolute atomic E-state index is 14.3. The molecule has 5 aliphatic rings. The van der Waals surface area contributed by atoms with E-state index in [0.717, 1.165) is 11.1 Å². The third-order valence-corrected chi connectivity index (χ3v) is 13.3. The van der Waals surface area contributed by atoms with Crippen molar-refractivity contribution in [2.45, 2.75) is 94.9 Å². The second-order valence-corrected chi connectivity index (χ2v) is 18.5. The maximum atomic E-state index is 14.3. The van der Waals surface area contributed by atoms with Crippen molar-refractivity contribution in [3.8, 4) is 11.5 Å². The first-order valence-electron chi connectivity index (χ1n) is 22.8. The second-order valence-electron chi connectivity index (χ2n) is 18.5. The van der Waals surface area contributed by atoms with Crippen LogP contribution in [0.2, 0.25) is 0 Å². The Morgan fingerprint density at radius 2 is 1.39 bits per heavy atom. The van der Waals surface area contributed by atoms with Crippen LogP contribution in [-0.2, 0) is 45.1 Å². The Morgan fingerprint density at radius 1 is 0.783 bits per heavy atom. The lowest BCUT2D eigenvalue weighted by Crippen LogP contribution is -2.67. The maximum Gasteiger partial charge on any atom is 0.410 e. The molecule has 0 unspecified atom stereocenters. The van der Waals surface area contributed by atoms with Crippen LogP contribution in [0.15, 0.2) is 115 Å². The van der Waals surface area contributed by atoms with Gasteiger partial charge in [0.15, 0.2) is 35.9 Å². The highest BCUT2D eigenvalue weighted by Gasteiger charge is 2.67. The highest BCUT2D eigenvalue weighted by Crippen LogP contribution is 2.63. The highest BCUT2D eigenvalue weighted by atomic mass is 16.7. The number of likely N-dealkylation sites (tertiary alicyclic amines) is 1. The summed E-state index contributed by atoms with van der Waals surface area (Å²) in [6.45, 7) is 7.56. The van der Waals surface area contributed by atoms with Crippen molar-refractivity contribution >= 4 is 30.0 Å². The van der Waals surface area contributed by atoms with E-state index in [2.05, 4.69) is 20.6 Å². The number of hydrogen-bond acceptors (Lipinski definition) is 16. The summed E-state index contributed by atoms with van der Waals surface area (Å²) < 4.78 is 51.3. The minimum atomic E-state index is -1.64. The van der Waals surface area contributed by atoms with Gasteiger partial charge in [0.25, 0.3) is 0 Å². The summed E-state index contributed by atoms with van der Waals surface area (Å²) >= 11 is 0. The standard InChI is InChI=1S/C51H49N5O13/c1-5-62-49(61)56-26-25-51-32-22-24-35(42(51)65-37-34(64-48(60)50(2,3)4)23-21-31(36(37)51)27-33(32)56)63-47-41(68-46(59)30-19-13-8-14-20-30)39(67-45(58)29-17-11-7-12-18-29)38(40(69-47)43-52-54-55-53-43)66-44(57)28-15-9-6-10-16-28/h6-24,32-33,35,38-42,47H,5,25-27H2,1-4H3,(H,52,53,54,55)/t32-,33+,35-,38-,39-,40-,41+,42-,47+,51-/m0/s1. The fourth-order valence-electron chi connectivity index (χ4n) is 10.2. The van der Waals surface area contributed by atoms with Crippen molar-refractivity contribution in [2.24, 2.45) is 11.3 Å². The number of aromatic nitrogens is 4. The molecular formula is C51H49N5O13. The number of carbonyl (C=O) groups is 5. The molecular weight excluding hydrogens is 891 g/mol. The molecule has 5 aromatic rings. The number of nitrogens with one attached hydrogen (secondary N) is 1. The number of nitrogens with zero attached hydrogens (tertiary/aromatic N) is 4. The van der Waals surface area contributed by atoms with Crippen LogP contribution in [0.25, 0.3) is 0 Å². The van der Waals surface area contributed by atoms with E-state index in [1.807, 2.05) is 18.2 Å². The SMILES string of the molecule is CCOC(=O)N1CC[C@]23c4c5ccc(OC(=O)C(C)(C)C)c4O[C@H]2[C@@H](O[C@@H]2O[C@H](c4nn[nH]n4)[C@@H](OC(=O)c4ccccc4)[C@H](OC(=O)c4ccccc4)[C@H]2OC(=O)c2ccccc2)C=C[C@H]3[C@H]1C5. The van der Waals surface area contributed by atoms with Crippen LogP contribution in [-0.4, -0.2) is 111 Å². The summed E-state index contributed by atoms with van der Waals surface area (Å²) in [4.78, 5) is 71.2. The summed E-state index contributed by atoms with van der Waals surface area (Å²) in [5.41, 5.74) is 0.539. The molecule has 10 rings (SSSR count). The Bertz CT molecular complexity index is 2770. The van der Waals surface area contributed by atoms with Gasteiger partial charge < -0.3 is 42.8 Å². The zero-order valence-electron chi connectivity index (χ0n) is 38.1. The number of aromatic amines is 1. The number of H-pyrrole nitrogens is 1. The molecule has 1 aromatic heterocycles. The minimum Gasteiger partial charge on any atom is -0.482 e. The number of tetrazole rings is 1. The zero-order chi connectivity index (χ0) is 48.0. The third-order valence-electron chi connectivity index (χ3n) is 13.3. The van der Waals surface area contributed by atoms with Gasteiger partial charge in [0.1, 0.15) is 12.2 Å². The third kappa shape index (κ3) is 8.26. The highest BCUT2D eigenvalue weighted by molar-refractivity contribution is 5.91. The van der Waals surface area contributed by atoms with Gasteiger partial charge in [0, 0.05) is 29.5 Å². The van der Waals surface area contributed by atoms with Gasteiger partial charge in [-0.2, -0.15) is 5.21 Å². The molecule has 4 aromatic carbocycles. The van der Waals surface area contributed by atoms with Crippen LogP contribution in [0.4, 0.5) is 4.79 Å². The monoisotopic (exact) mass is 939 g/mol. The van der Waals surface area contributed by atoms with Gasteiger partial charge in [-0.3, -0.25) is 4.79 Å². The number of hydrogen-bond donors (Lipinski definition) is 1. The van der Waals surface area contributed by atoms with Crippen molar-refractivity contribution in [3.05, 3.63) is 149 Å². The largest absolute Gasteiger partial charge is 0.482 e. The first-order valence-corrected chi connectivity index (χ1v) is 22.8. The van der Waals surface area contributed by atoms with E-state index in [0.29, 0.717) is 25.1 Å². The minimum absolute atomic E-state index is 0.0955. The lowest BCUT2D eigenvalue weighted by Gasteiger charge is -2.57. The Hall–Kier alpha value is -7.44. The lowest BCUT2D eigenvalue weighted by molar-refractivity contribution is -0.311. The van der Waals surface area contributed by atoms with Crippen molar-refractivity contribution in [1.29, 1.82) is 0 Å². The molecule has 18 nitrogen and oxygen atoms in total. The van der Waals surface area contributed by atoms with Crippen LogP contribution >= 0.6 is 0 Å². The molecule has 4 heterocycles. The average molecular weight is 940 g/mol. The van der Waals surface area contributed by atoms with Crippen molar-refractivity contribution in [3.63, 3.8) is 0 Å². The van der Waals surface area contributed by atoms with E-state index in [1.54, 1.807) is 130 Å². The number of esters is 4. The molecule has 69 heavy (non-hydrogen) atoms. The molecule has 18 heteroatoms. The molecule has 2 saturated heterocycles. The molecule has 0 radical (unpaired) electrons. The number of amides is 1. The van der Waals surface area contributed by atoms with Gasteiger partial charge in [-0.1, -0.05) is 78.0 Å². The molecule has 2 bridgehead atoms. The predicted molar refractivity (Wildman–Crippen MR) is 240 cm³/mol. The Kier molecular flexibility index (Phi) is 12.0. The number of ether oxygens (including phenoxy) is 8. The number of carbonyl (C=O) groups excluding carboxylic acids is 5.